The van der Waals surface area contributed by atoms with Crippen LogP contribution in [-0.2, 0) is 10.2 Å². The van der Waals surface area contributed by atoms with E-state index in [1.54, 1.807) is 6.07 Å². The van der Waals surface area contributed by atoms with Gasteiger partial charge in [-0.1, -0.05) is 29.3 Å². The van der Waals surface area contributed by atoms with Gasteiger partial charge in [0.2, 0.25) is 5.91 Å². The zero-order valence-electron chi connectivity index (χ0n) is 7.82. The minimum absolute atomic E-state index is 0.0448. The molecule has 1 heterocycles. The number of rotatable bonds is 0. The lowest BCUT2D eigenvalue weighted by atomic mass is 9.86. The van der Waals surface area contributed by atoms with E-state index in [1.807, 2.05) is 19.9 Å². The van der Waals surface area contributed by atoms with Gasteiger partial charge in [-0.2, -0.15) is 0 Å². The smallest absolute Gasteiger partial charge is 0.234 e. The Morgan fingerprint density at radius 2 is 1.93 bits per heavy atom. The van der Waals surface area contributed by atoms with Crippen molar-refractivity contribution < 1.29 is 4.79 Å². The summed E-state index contributed by atoms with van der Waals surface area (Å²) in [6.07, 6.45) is 0. The topological polar surface area (TPSA) is 29.1 Å². The minimum Gasteiger partial charge on any atom is -0.324 e. The molecule has 0 radical (unpaired) electrons. The van der Waals surface area contributed by atoms with Crippen molar-refractivity contribution in [3.05, 3.63) is 27.7 Å². The Morgan fingerprint density at radius 3 is 2.57 bits per heavy atom. The van der Waals surface area contributed by atoms with Gasteiger partial charge in [0, 0.05) is 0 Å². The lowest BCUT2D eigenvalue weighted by Gasteiger charge is -2.14. The summed E-state index contributed by atoms with van der Waals surface area (Å²) in [5, 5.41) is 3.62. The molecule has 1 aliphatic heterocycles. The largest absolute Gasteiger partial charge is 0.324 e. The molecule has 1 aromatic rings. The van der Waals surface area contributed by atoms with Crippen molar-refractivity contribution in [2.45, 2.75) is 19.3 Å². The average molecular weight is 230 g/mol. The van der Waals surface area contributed by atoms with Gasteiger partial charge < -0.3 is 5.32 Å². The van der Waals surface area contributed by atoms with E-state index in [2.05, 4.69) is 5.32 Å². The fourth-order valence-electron chi connectivity index (χ4n) is 1.59. The van der Waals surface area contributed by atoms with Crippen LogP contribution in [-0.4, -0.2) is 5.91 Å². The molecule has 74 valence electrons. The lowest BCUT2D eigenvalue weighted by Crippen LogP contribution is -2.26. The number of benzene rings is 1. The molecular formula is C10H9Cl2NO. The van der Waals surface area contributed by atoms with Crippen LogP contribution in [0.2, 0.25) is 10.0 Å². The molecule has 0 aliphatic carbocycles. The number of hydrogen-bond donors (Lipinski definition) is 1. The fourth-order valence-corrected chi connectivity index (χ4v) is 1.96. The van der Waals surface area contributed by atoms with Crippen molar-refractivity contribution in [2.24, 2.45) is 0 Å². The van der Waals surface area contributed by atoms with Gasteiger partial charge in [0.15, 0.2) is 0 Å². The van der Waals surface area contributed by atoms with E-state index in [1.165, 1.54) is 0 Å². The third kappa shape index (κ3) is 1.14. The molecule has 0 bridgehead atoms. The third-order valence-corrected chi connectivity index (χ3v) is 3.38. The normalized spacial score (nSPS) is 17.9. The second-order valence-electron chi connectivity index (χ2n) is 3.86. The number of carbonyl (C=O) groups excluding carboxylic acids is 1. The number of nitrogens with one attached hydrogen (secondary N) is 1. The maximum atomic E-state index is 11.6. The van der Waals surface area contributed by atoms with Gasteiger partial charge in [0.1, 0.15) is 0 Å². The van der Waals surface area contributed by atoms with Crippen LogP contribution in [0.5, 0.6) is 0 Å². The van der Waals surface area contributed by atoms with Gasteiger partial charge in [-0.15, -0.1) is 0 Å². The van der Waals surface area contributed by atoms with Crippen molar-refractivity contribution >= 4 is 34.8 Å². The summed E-state index contributed by atoms with van der Waals surface area (Å²) in [6, 6.07) is 3.55. The molecular weight excluding hydrogens is 221 g/mol. The van der Waals surface area contributed by atoms with E-state index >= 15 is 0 Å². The predicted molar refractivity (Wildman–Crippen MR) is 58.1 cm³/mol. The van der Waals surface area contributed by atoms with Gasteiger partial charge in [0.25, 0.3) is 0 Å². The number of amides is 1. The van der Waals surface area contributed by atoms with Crippen molar-refractivity contribution in [1.82, 2.24) is 0 Å². The minimum atomic E-state index is -0.524. The van der Waals surface area contributed by atoms with Crippen LogP contribution in [0.4, 0.5) is 5.69 Å². The number of hydrogen-bond acceptors (Lipinski definition) is 1. The molecule has 14 heavy (non-hydrogen) atoms. The number of fused-ring (bicyclic) bond motifs is 1. The summed E-state index contributed by atoms with van der Waals surface area (Å²) in [7, 11) is 0. The monoisotopic (exact) mass is 229 g/mol. The molecule has 0 saturated heterocycles. The molecule has 0 saturated carbocycles. The summed E-state index contributed by atoms with van der Waals surface area (Å²) in [6.45, 7) is 3.72. The van der Waals surface area contributed by atoms with Gasteiger partial charge in [0.05, 0.1) is 21.1 Å². The first-order valence-corrected chi connectivity index (χ1v) is 5.00. The summed E-state index contributed by atoms with van der Waals surface area (Å²) < 4.78 is 0. The number of carbonyl (C=O) groups is 1. The summed E-state index contributed by atoms with van der Waals surface area (Å²) >= 11 is 11.8. The van der Waals surface area contributed by atoms with Crippen LogP contribution < -0.4 is 5.32 Å². The summed E-state index contributed by atoms with van der Waals surface area (Å²) in [4.78, 5) is 11.6. The molecule has 1 amide bonds. The Balaban J connectivity index is 2.70. The quantitative estimate of drug-likeness (QED) is 0.728. The highest BCUT2D eigenvalue weighted by Crippen LogP contribution is 2.43. The van der Waals surface area contributed by atoms with Crippen LogP contribution in [0.25, 0.3) is 0 Å². The number of anilines is 1. The maximum absolute atomic E-state index is 11.6. The van der Waals surface area contributed by atoms with E-state index in [-0.39, 0.29) is 5.91 Å². The van der Waals surface area contributed by atoms with Gasteiger partial charge in [-0.3, -0.25) is 4.79 Å². The predicted octanol–water partition coefficient (Wildman–Crippen LogP) is 3.22. The molecule has 4 heteroatoms. The molecule has 0 fully saturated rings. The second-order valence-corrected chi connectivity index (χ2v) is 4.65. The van der Waals surface area contributed by atoms with E-state index < -0.39 is 5.41 Å². The van der Waals surface area contributed by atoms with Crippen LogP contribution in [0.15, 0.2) is 12.1 Å². The highest BCUT2D eigenvalue weighted by Gasteiger charge is 2.39. The van der Waals surface area contributed by atoms with Gasteiger partial charge in [-0.25, -0.2) is 0 Å². The molecule has 2 nitrogen and oxygen atoms in total. The highest BCUT2D eigenvalue weighted by atomic mass is 35.5. The first-order chi connectivity index (χ1) is 6.44. The third-order valence-electron chi connectivity index (χ3n) is 2.57. The Morgan fingerprint density at radius 1 is 1.29 bits per heavy atom. The van der Waals surface area contributed by atoms with E-state index in [0.717, 1.165) is 5.56 Å². The van der Waals surface area contributed by atoms with Crippen molar-refractivity contribution in [2.75, 3.05) is 5.32 Å². The van der Waals surface area contributed by atoms with Crippen LogP contribution in [0.3, 0.4) is 0 Å². The van der Waals surface area contributed by atoms with Crippen LogP contribution >= 0.6 is 23.2 Å². The maximum Gasteiger partial charge on any atom is 0.234 e. The first-order valence-electron chi connectivity index (χ1n) is 4.24. The molecule has 1 aromatic carbocycles. The molecule has 1 N–H and O–H groups in total. The zero-order chi connectivity index (χ0) is 10.5. The zero-order valence-corrected chi connectivity index (χ0v) is 9.33. The Hall–Kier alpha value is -0.730. The van der Waals surface area contributed by atoms with E-state index in [9.17, 15) is 4.79 Å². The molecule has 2 rings (SSSR count). The SMILES string of the molecule is CC1(C)C(=O)Nc2c1ccc(Cl)c2Cl. The number of halogens is 2. The van der Waals surface area contributed by atoms with E-state index in [4.69, 9.17) is 23.2 Å². The van der Waals surface area contributed by atoms with Crippen molar-refractivity contribution in [1.29, 1.82) is 0 Å². The molecule has 0 atom stereocenters. The summed E-state index contributed by atoms with van der Waals surface area (Å²) in [5.74, 6) is -0.0448. The standard InChI is InChI=1S/C10H9Cl2NO/c1-10(2)5-3-4-6(11)7(12)8(5)13-9(10)14/h3-4H,1-2H3,(H,13,14). The first kappa shape index (κ1) is 9.81. The Kier molecular flexibility index (Phi) is 2.02. The average Bonchev–Trinajstić information content (AvgIpc) is 2.33. The van der Waals surface area contributed by atoms with Crippen molar-refractivity contribution in [3.63, 3.8) is 0 Å². The fraction of sp³-hybridized carbons (Fsp3) is 0.300. The van der Waals surface area contributed by atoms with Crippen LogP contribution in [0.1, 0.15) is 19.4 Å². The Labute approximate surface area is 92.2 Å². The van der Waals surface area contributed by atoms with Gasteiger partial charge >= 0.3 is 0 Å². The molecule has 0 spiro atoms. The highest BCUT2D eigenvalue weighted by molar-refractivity contribution is 6.44. The lowest BCUT2D eigenvalue weighted by molar-refractivity contribution is -0.119. The second kappa shape index (κ2) is 2.88. The Bertz CT molecular complexity index is 426. The molecule has 1 aliphatic rings. The van der Waals surface area contributed by atoms with Crippen LogP contribution in [0, 0.1) is 0 Å². The molecule has 0 aromatic heterocycles. The van der Waals surface area contributed by atoms with Gasteiger partial charge in [-0.05, 0) is 25.5 Å². The van der Waals surface area contributed by atoms with Crippen molar-refractivity contribution in [3.8, 4) is 0 Å². The van der Waals surface area contributed by atoms with E-state index in [0.29, 0.717) is 15.7 Å². The summed E-state index contributed by atoms with van der Waals surface area (Å²) in [5.41, 5.74) is 1.02. The molecule has 0 unspecified atom stereocenters.